The molecule has 1 amide bonds. The van der Waals surface area contributed by atoms with E-state index in [1.807, 2.05) is 6.92 Å². The summed E-state index contributed by atoms with van der Waals surface area (Å²) in [7, 11) is 0. The highest BCUT2D eigenvalue weighted by Gasteiger charge is 2.25. The van der Waals surface area contributed by atoms with Crippen molar-refractivity contribution in [2.24, 2.45) is 0 Å². The van der Waals surface area contributed by atoms with Gasteiger partial charge in [-0.3, -0.25) is 9.59 Å². The summed E-state index contributed by atoms with van der Waals surface area (Å²) in [6, 6.07) is 12.4. The normalized spacial score (nSPS) is 17.6. The predicted molar refractivity (Wildman–Crippen MR) is 89.6 cm³/mol. The van der Waals surface area contributed by atoms with E-state index in [1.165, 1.54) is 24.3 Å². The molecule has 5 heteroatoms. The molecule has 0 saturated carbocycles. The summed E-state index contributed by atoms with van der Waals surface area (Å²) < 4.78 is 13.1. The molecule has 0 aromatic heterocycles. The minimum Gasteiger partial charge on any atom is -0.336 e. The van der Waals surface area contributed by atoms with E-state index in [0.29, 0.717) is 29.8 Å². The number of nitrogens with one attached hydrogen (secondary N) is 1. The quantitative estimate of drug-likeness (QED) is 0.882. The van der Waals surface area contributed by atoms with Gasteiger partial charge in [-0.15, -0.1) is 0 Å². The summed E-state index contributed by atoms with van der Waals surface area (Å²) >= 11 is 0. The minimum absolute atomic E-state index is 0.144. The van der Waals surface area contributed by atoms with Crippen molar-refractivity contribution in [3.05, 3.63) is 71.0 Å². The van der Waals surface area contributed by atoms with Crippen LogP contribution in [0.5, 0.6) is 0 Å². The summed E-state index contributed by atoms with van der Waals surface area (Å²) in [5, 5.41) is 3.29. The van der Waals surface area contributed by atoms with E-state index < -0.39 is 5.82 Å². The third kappa shape index (κ3) is 3.36. The molecule has 0 spiro atoms. The first kappa shape index (κ1) is 16.3. The molecule has 2 aromatic carbocycles. The number of rotatable bonds is 3. The largest absolute Gasteiger partial charge is 0.336 e. The fraction of sp³-hybridized carbons (Fsp3) is 0.263. The average Bonchev–Trinajstić information content (AvgIpc) is 2.61. The molecule has 3 rings (SSSR count). The summed E-state index contributed by atoms with van der Waals surface area (Å²) in [5.41, 5.74) is 1.10. The fourth-order valence-corrected chi connectivity index (χ4v) is 2.91. The van der Waals surface area contributed by atoms with Crippen LogP contribution in [0, 0.1) is 5.82 Å². The van der Waals surface area contributed by atoms with Crippen LogP contribution in [0.3, 0.4) is 0 Å². The van der Waals surface area contributed by atoms with Crippen LogP contribution in [0.15, 0.2) is 48.5 Å². The topological polar surface area (TPSA) is 49.4 Å². The van der Waals surface area contributed by atoms with E-state index in [0.717, 1.165) is 6.54 Å². The maximum Gasteiger partial charge on any atom is 0.254 e. The number of halogens is 1. The van der Waals surface area contributed by atoms with Crippen molar-refractivity contribution < 1.29 is 14.0 Å². The molecule has 0 aliphatic carbocycles. The number of benzene rings is 2. The van der Waals surface area contributed by atoms with Crippen molar-refractivity contribution >= 4 is 11.7 Å². The second-order valence-corrected chi connectivity index (χ2v) is 5.99. The van der Waals surface area contributed by atoms with Gasteiger partial charge in [0.2, 0.25) is 0 Å². The molecular weight excluding hydrogens is 307 g/mol. The van der Waals surface area contributed by atoms with E-state index in [-0.39, 0.29) is 17.7 Å². The molecule has 1 aliphatic rings. The SMILES string of the molecule is CC1CN(C(=O)c2ccccc2C(=O)c2ccc(F)cc2)CCN1. The number of ketones is 1. The summed E-state index contributed by atoms with van der Waals surface area (Å²) in [6.45, 7) is 3.98. The number of carbonyl (C=O) groups excluding carboxylic acids is 2. The van der Waals surface area contributed by atoms with Crippen molar-refractivity contribution in [1.82, 2.24) is 10.2 Å². The molecule has 0 bridgehead atoms. The highest BCUT2D eigenvalue weighted by molar-refractivity contribution is 6.15. The maximum absolute atomic E-state index is 13.1. The number of amides is 1. The number of hydrogen-bond donors (Lipinski definition) is 1. The third-order valence-corrected chi connectivity index (χ3v) is 4.16. The number of hydrogen-bond acceptors (Lipinski definition) is 3. The van der Waals surface area contributed by atoms with E-state index >= 15 is 0 Å². The number of nitrogens with zero attached hydrogens (tertiary/aromatic N) is 1. The standard InChI is InChI=1S/C19H19FN2O2/c1-13-12-22(11-10-21-13)19(24)17-5-3-2-4-16(17)18(23)14-6-8-15(20)9-7-14/h2-9,13,21H,10-12H2,1H3. The molecule has 1 fully saturated rings. The van der Waals surface area contributed by atoms with Crippen LogP contribution in [-0.2, 0) is 0 Å². The van der Waals surface area contributed by atoms with Crippen LogP contribution >= 0.6 is 0 Å². The lowest BCUT2D eigenvalue weighted by molar-refractivity contribution is 0.0705. The highest BCUT2D eigenvalue weighted by Crippen LogP contribution is 2.18. The Morgan fingerprint density at radius 2 is 1.75 bits per heavy atom. The lowest BCUT2D eigenvalue weighted by Gasteiger charge is -2.32. The number of carbonyl (C=O) groups is 2. The molecule has 1 heterocycles. The molecule has 1 unspecified atom stereocenters. The maximum atomic E-state index is 13.1. The van der Waals surface area contributed by atoms with Gasteiger partial charge in [0.05, 0.1) is 5.56 Å². The molecular formula is C19H19FN2O2. The molecule has 1 saturated heterocycles. The molecule has 24 heavy (non-hydrogen) atoms. The van der Waals surface area contributed by atoms with E-state index in [9.17, 15) is 14.0 Å². The van der Waals surface area contributed by atoms with Crippen LogP contribution in [-0.4, -0.2) is 42.3 Å². The lowest BCUT2D eigenvalue weighted by Crippen LogP contribution is -2.51. The predicted octanol–water partition coefficient (Wildman–Crippen LogP) is 2.49. The van der Waals surface area contributed by atoms with Gasteiger partial charge in [0.1, 0.15) is 5.82 Å². The Balaban J connectivity index is 1.91. The van der Waals surface area contributed by atoms with Crippen LogP contribution in [0.25, 0.3) is 0 Å². The number of piperazine rings is 1. The first-order valence-corrected chi connectivity index (χ1v) is 7.98. The van der Waals surface area contributed by atoms with Gasteiger partial charge < -0.3 is 10.2 Å². The van der Waals surface area contributed by atoms with Crippen LogP contribution in [0.4, 0.5) is 4.39 Å². The Morgan fingerprint density at radius 3 is 2.42 bits per heavy atom. The van der Waals surface area contributed by atoms with Crippen molar-refractivity contribution in [2.45, 2.75) is 13.0 Å². The Kier molecular flexibility index (Phi) is 4.71. The first-order valence-electron chi connectivity index (χ1n) is 7.98. The first-order chi connectivity index (χ1) is 11.6. The van der Waals surface area contributed by atoms with E-state index in [4.69, 9.17) is 0 Å². The van der Waals surface area contributed by atoms with Crippen molar-refractivity contribution in [3.8, 4) is 0 Å². The zero-order chi connectivity index (χ0) is 17.1. The van der Waals surface area contributed by atoms with E-state index in [2.05, 4.69) is 5.32 Å². The third-order valence-electron chi connectivity index (χ3n) is 4.16. The van der Waals surface area contributed by atoms with Gasteiger partial charge >= 0.3 is 0 Å². The highest BCUT2D eigenvalue weighted by atomic mass is 19.1. The van der Waals surface area contributed by atoms with Crippen LogP contribution in [0.2, 0.25) is 0 Å². The zero-order valence-electron chi connectivity index (χ0n) is 13.5. The fourth-order valence-electron chi connectivity index (χ4n) is 2.91. The summed E-state index contributed by atoms with van der Waals surface area (Å²) in [4.78, 5) is 27.3. The molecule has 1 atom stereocenters. The van der Waals surface area contributed by atoms with E-state index in [1.54, 1.807) is 29.2 Å². The van der Waals surface area contributed by atoms with Gasteiger partial charge in [-0.1, -0.05) is 18.2 Å². The van der Waals surface area contributed by atoms with Gasteiger partial charge in [-0.25, -0.2) is 4.39 Å². The smallest absolute Gasteiger partial charge is 0.254 e. The molecule has 4 nitrogen and oxygen atoms in total. The summed E-state index contributed by atoms with van der Waals surface area (Å²) in [6.07, 6.45) is 0. The van der Waals surface area contributed by atoms with Crippen molar-refractivity contribution in [2.75, 3.05) is 19.6 Å². The molecule has 124 valence electrons. The molecule has 2 aromatic rings. The van der Waals surface area contributed by atoms with Gasteiger partial charge in [-0.05, 0) is 37.3 Å². The Hall–Kier alpha value is -2.53. The molecule has 1 aliphatic heterocycles. The Labute approximate surface area is 140 Å². The second-order valence-electron chi connectivity index (χ2n) is 5.99. The van der Waals surface area contributed by atoms with Gasteiger partial charge in [0, 0.05) is 36.8 Å². The van der Waals surface area contributed by atoms with Crippen molar-refractivity contribution in [1.29, 1.82) is 0 Å². The second kappa shape index (κ2) is 6.93. The molecule has 1 N–H and O–H groups in total. The van der Waals surface area contributed by atoms with Crippen LogP contribution < -0.4 is 5.32 Å². The Bertz CT molecular complexity index is 758. The van der Waals surface area contributed by atoms with Gasteiger partial charge in [-0.2, -0.15) is 0 Å². The average molecular weight is 326 g/mol. The van der Waals surface area contributed by atoms with Gasteiger partial charge in [0.25, 0.3) is 5.91 Å². The summed E-state index contributed by atoms with van der Waals surface area (Å²) in [5.74, 6) is -0.817. The Morgan fingerprint density at radius 1 is 1.08 bits per heavy atom. The lowest BCUT2D eigenvalue weighted by atomic mass is 9.97. The molecule has 0 radical (unpaired) electrons. The minimum atomic E-state index is -0.397. The monoisotopic (exact) mass is 326 g/mol. The van der Waals surface area contributed by atoms with Gasteiger partial charge in [0.15, 0.2) is 5.78 Å². The van der Waals surface area contributed by atoms with Crippen molar-refractivity contribution in [3.63, 3.8) is 0 Å². The van der Waals surface area contributed by atoms with Crippen LogP contribution in [0.1, 0.15) is 33.2 Å². The zero-order valence-corrected chi connectivity index (χ0v) is 13.5.